The van der Waals surface area contributed by atoms with Gasteiger partial charge in [-0.05, 0) is 32.0 Å². The van der Waals surface area contributed by atoms with Gasteiger partial charge in [-0.15, -0.1) is 0 Å². The highest BCUT2D eigenvalue weighted by Crippen LogP contribution is 2.24. The van der Waals surface area contributed by atoms with Gasteiger partial charge in [0.2, 0.25) is 5.88 Å². The molecule has 0 amide bonds. The van der Waals surface area contributed by atoms with Crippen molar-refractivity contribution in [3.8, 4) is 5.88 Å². The maximum absolute atomic E-state index is 6.15. The number of nitrogens with one attached hydrogen (secondary N) is 1. The first-order valence-corrected chi connectivity index (χ1v) is 7.64. The second-order valence-electron chi connectivity index (χ2n) is 4.95. The van der Waals surface area contributed by atoms with E-state index in [1.807, 2.05) is 36.4 Å². The average Bonchev–Trinajstić information content (AvgIpc) is 2.52. The molecule has 4 heteroatoms. The quantitative estimate of drug-likeness (QED) is 0.824. The average molecular weight is 305 g/mol. The first-order chi connectivity index (χ1) is 10.2. The number of hydrogen-bond acceptors (Lipinski definition) is 3. The van der Waals surface area contributed by atoms with Crippen molar-refractivity contribution in [2.24, 2.45) is 0 Å². The van der Waals surface area contributed by atoms with E-state index in [1.54, 1.807) is 6.20 Å². The summed E-state index contributed by atoms with van der Waals surface area (Å²) in [6.07, 6.45) is 2.85. The highest BCUT2D eigenvalue weighted by molar-refractivity contribution is 6.31. The zero-order valence-corrected chi connectivity index (χ0v) is 13.2. The molecular weight excluding hydrogens is 284 g/mol. The van der Waals surface area contributed by atoms with Gasteiger partial charge in [-0.25, -0.2) is 4.98 Å². The van der Waals surface area contributed by atoms with Crippen molar-refractivity contribution >= 4 is 11.6 Å². The summed E-state index contributed by atoms with van der Waals surface area (Å²) in [4.78, 5) is 4.35. The van der Waals surface area contributed by atoms with Crippen LogP contribution in [0.15, 0.2) is 42.6 Å². The molecule has 1 heterocycles. The number of halogens is 1. The number of aromatic nitrogens is 1. The summed E-state index contributed by atoms with van der Waals surface area (Å²) in [5.41, 5.74) is 2.03. The molecular formula is C17H21ClN2O. The molecule has 1 aromatic heterocycles. The summed E-state index contributed by atoms with van der Waals surface area (Å²) < 4.78 is 5.87. The minimum Gasteiger partial charge on any atom is -0.472 e. The Kier molecular flexibility index (Phi) is 6.03. The van der Waals surface area contributed by atoms with Crippen LogP contribution in [0.1, 0.15) is 37.4 Å². The van der Waals surface area contributed by atoms with Crippen LogP contribution in [0.25, 0.3) is 0 Å². The van der Waals surface area contributed by atoms with Crippen LogP contribution in [0.2, 0.25) is 5.02 Å². The Bertz CT molecular complexity index is 574. The molecule has 0 radical (unpaired) electrons. The van der Waals surface area contributed by atoms with E-state index in [-0.39, 0.29) is 6.04 Å². The fraction of sp³-hybridized carbons (Fsp3) is 0.353. The maximum Gasteiger partial charge on any atom is 0.218 e. The highest BCUT2D eigenvalue weighted by atomic mass is 35.5. The van der Waals surface area contributed by atoms with Crippen LogP contribution in [-0.2, 0) is 6.61 Å². The van der Waals surface area contributed by atoms with E-state index in [0.717, 1.165) is 24.1 Å². The van der Waals surface area contributed by atoms with E-state index in [1.165, 1.54) is 0 Å². The van der Waals surface area contributed by atoms with Crippen LogP contribution in [0.5, 0.6) is 5.88 Å². The lowest BCUT2D eigenvalue weighted by Gasteiger charge is -2.17. The minimum atomic E-state index is 0.208. The Morgan fingerprint density at radius 2 is 2.05 bits per heavy atom. The summed E-state index contributed by atoms with van der Waals surface area (Å²) >= 11 is 6.15. The van der Waals surface area contributed by atoms with Gasteiger partial charge in [0.25, 0.3) is 0 Å². The molecule has 112 valence electrons. The first-order valence-electron chi connectivity index (χ1n) is 7.27. The van der Waals surface area contributed by atoms with E-state index in [9.17, 15) is 0 Å². The summed E-state index contributed by atoms with van der Waals surface area (Å²) in [7, 11) is 0. The van der Waals surface area contributed by atoms with E-state index in [4.69, 9.17) is 16.3 Å². The van der Waals surface area contributed by atoms with Gasteiger partial charge in [0.15, 0.2) is 0 Å². The SMILES string of the molecule is CCCNC(C)c1cccnc1OCc1ccccc1Cl. The van der Waals surface area contributed by atoms with Crippen molar-refractivity contribution in [2.75, 3.05) is 6.54 Å². The molecule has 0 bridgehead atoms. The van der Waals surface area contributed by atoms with E-state index in [0.29, 0.717) is 17.5 Å². The normalized spacial score (nSPS) is 12.1. The summed E-state index contributed by atoms with van der Waals surface area (Å²) in [5, 5.41) is 4.17. The molecule has 21 heavy (non-hydrogen) atoms. The number of nitrogens with zero attached hydrogens (tertiary/aromatic N) is 1. The Balaban J connectivity index is 2.08. The Hall–Kier alpha value is -1.58. The fourth-order valence-electron chi connectivity index (χ4n) is 2.09. The zero-order valence-electron chi connectivity index (χ0n) is 12.5. The number of ether oxygens (including phenoxy) is 1. The van der Waals surface area contributed by atoms with Gasteiger partial charge in [0.05, 0.1) is 0 Å². The summed E-state index contributed by atoms with van der Waals surface area (Å²) in [6, 6.07) is 11.9. The molecule has 2 rings (SSSR count). The number of pyridine rings is 1. The van der Waals surface area contributed by atoms with E-state index >= 15 is 0 Å². The second-order valence-corrected chi connectivity index (χ2v) is 5.36. The molecule has 1 unspecified atom stereocenters. The van der Waals surface area contributed by atoms with Crippen molar-refractivity contribution in [2.45, 2.75) is 32.9 Å². The predicted octanol–water partition coefficient (Wildman–Crippen LogP) is 4.37. The molecule has 3 nitrogen and oxygen atoms in total. The van der Waals surface area contributed by atoms with Gasteiger partial charge in [-0.2, -0.15) is 0 Å². The molecule has 0 aliphatic carbocycles. The van der Waals surface area contributed by atoms with E-state index in [2.05, 4.69) is 24.1 Å². The molecule has 1 aromatic carbocycles. The molecule has 1 N–H and O–H groups in total. The third-order valence-corrected chi connectivity index (χ3v) is 3.66. The maximum atomic E-state index is 6.15. The van der Waals surface area contributed by atoms with Crippen LogP contribution >= 0.6 is 11.6 Å². The molecule has 2 aromatic rings. The number of benzene rings is 1. The van der Waals surface area contributed by atoms with Crippen LogP contribution in [0.4, 0.5) is 0 Å². The topological polar surface area (TPSA) is 34.2 Å². The zero-order chi connectivity index (χ0) is 15.1. The van der Waals surface area contributed by atoms with Crippen LogP contribution in [0.3, 0.4) is 0 Å². The minimum absolute atomic E-state index is 0.208. The Labute approximate surface area is 131 Å². The smallest absolute Gasteiger partial charge is 0.218 e. The van der Waals surface area contributed by atoms with Crippen molar-refractivity contribution < 1.29 is 4.74 Å². The molecule has 0 aliphatic heterocycles. The van der Waals surface area contributed by atoms with Gasteiger partial charge in [0, 0.05) is 28.4 Å². The largest absolute Gasteiger partial charge is 0.472 e. The van der Waals surface area contributed by atoms with Gasteiger partial charge < -0.3 is 10.1 Å². The standard InChI is InChI=1S/C17H21ClN2O/c1-3-10-19-13(2)15-8-6-11-20-17(15)21-12-14-7-4-5-9-16(14)18/h4-9,11,13,19H,3,10,12H2,1-2H3. The van der Waals surface area contributed by atoms with Crippen LogP contribution < -0.4 is 10.1 Å². The molecule has 0 fully saturated rings. The van der Waals surface area contributed by atoms with Crippen molar-refractivity contribution in [1.82, 2.24) is 10.3 Å². The van der Waals surface area contributed by atoms with Gasteiger partial charge in [-0.3, -0.25) is 0 Å². The van der Waals surface area contributed by atoms with Gasteiger partial charge in [0.1, 0.15) is 6.61 Å². The predicted molar refractivity (Wildman–Crippen MR) is 86.7 cm³/mol. The lowest BCUT2D eigenvalue weighted by molar-refractivity contribution is 0.287. The summed E-state index contributed by atoms with van der Waals surface area (Å²) in [6.45, 7) is 5.66. The molecule has 0 spiro atoms. The third kappa shape index (κ3) is 4.45. The first kappa shape index (κ1) is 15.8. The fourth-order valence-corrected chi connectivity index (χ4v) is 2.28. The Morgan fingerprint density at radius 3 is 2.81 bits per heavy atom. The van der Waals surface area contributed by atoms with Crippen molar-refractivity contribution in [1.29, 1.82) is 0 Å². The Morgan fingerprint density at radius 1 is 1.24 bits per heavy atom. The highest BCUT2D eigenvalue weighted by Gasteiger charge is 2.12. The second kappa shape index (κ2) is 8.01. The van der Waals surface area contributed by atoms with Crippen molar-refractivity contribution in [3.05, 3.63) is 58.7 Å². The number of rotatable bonds is 7. The molecule has 1 atom stereocenters. The van der Waals surface area contributed by atoms with Crippen LogP contribution in [-0.4, -0.2) is 11.5 Å². The number of hydrogen-bond donors (Lipinski definition) is 1. The molecule has 0 aliphatic rings. The summed E-state index contributed by atoms with van der Waals surface area (Å²) in [5.74, 6) is 0.661. The lowest BCUT2D eigenvalue weighted by Crippen LogP contribution is -2.20. The monoisotopic (exact) mass is 304 g/mol. The van der Waals surface area contributed by atoms with E-state index < -0.39 is 0 Å². The van der Waals surface area contributed by atoms with Gasteiger partial charge in [-0.1, -0.05) is 42.8 Å². The molecule has 0 saturated carbocycles. The third-order valence-electron chi connectivity index (χ3n) is 3.29. The van der Waals surface area contributed by atoms with Crippen molar-refractivity contribution in [3.63, 3.8) is 0 Å². The lowest BCUT2D eigenvalue weighted by atomic mass is 10.1. The molecule has 0 saturated heterocycles. The van der Waals surface area contributed by atoms with Gasteiger partial charge >= 0.3 is 0 Å². The van der Waals surface area contributed by atoms with Crippen LogP contribution in [0, 0.1) is 0 Å².